The Balaban J connectivity index is 3.85. The van der Waals surface area contributed by atoms with Crippen LogP contribution in [0, 0.1) is 0 Å². The van der Waals surface area contributed by atoms with Crippen LogP contribution in [0.15, 0.2) is 12.8 Å². The van der Waals surface area contributed by atoms with Gasteiger partial charge >= 0.3 is 0 Å². The first-order valence-corrected chi connectivity index (χ1v) is 3.26. The van der Waals surface area contributed by atoms with Crippen molar-refractivity contribution in [3.05, 3.63) is 12.8 Å². The average Bonchev–Trinajstić information content (AvgIpc) is 1.59. The van der Waals surface area contributed by atoms with Gasteiger partial charge in [-0.1, -0.05) is 6.58 Å². The van der Waals surface area contributed by atoms with Gasteiger partial charge in [0, 0.05) is 6.42 Å². The van der Waals surface area contributed by atoms with Crippen LogP contribution < -0.4 is 0 Å². The molecule has 0 heterocycles. The van der Waals surface area contributed by atoms with E-state index in [-0.39, 0.29) is 5.78 Å². The Kier molecular flexibility index (Phi) is 3.13. The molecule has 0 atom stereocenters. The lowest BCUT2D eigenvalue weighted by Crippen LogP contribution is -2.24. The third kappa shape index (κ3) is 4.13. The van der Waals surface area contributed by atoms with Crippen LogP contribution in [0.2, 0.25) is 0 Å². The Morgan fingerprint density at radius 3 is 2.50 bits per heavy atom. The second-order valence-electron chi connectivity index (χ2n) is 2.92. The fourth-order valence-electron chi connectivity index (χ4n) is 0.867. The molecule has 0 bridgehead atoms. The van der Waals surface area contributed by atoms with Crippen LogP contribution in [0.4, 0.5) is 0 Å². The third-order valence-corrected chi connectivity index (χ3v) is 1.08. The Bertz CT molecular complexity index is 136. The quantitative estimate of drug-likeness (QED) is 0.560. The molecule has 0 unspecified atom stereocenters. The van der Waals surface area contributed by atoms with E-state index in [1.807, 2.05) is 13.8 Å². The lowest BCUT2D eigenvalue weighted by atomic mass is 10.0. The Morgan fingerprint density at radius 1 is 1.70 bits per heavy atom. The number of rotatable bonds is 4. The van der Waals surface area contributed by atoms with E-state index in [2.05, 4.69) is 6.58 Å². The number of ketones is 1. The summed E-state index contributed by atoms with van der Waals surface area (Å²) in [4.78, 5) is 10.6. The van der Waals surface area contributed by atoms with Crippen LogP contribution in [0.25, 0.3) is 0 Å². The lowest BCUT2D eigenvalue weighted by molar-refractivity contribution is -0.121. The van der Waals surface area contributed by atoms with Crippen molar-refractivity contribution in [3.63, 3.8) is 0 Å². The van der Waals surface area contributed by atoms with E-state index < -0.39 is 5.60 Å². The molecule has 10 heavy (non-hydrogen) atoms. The highest BCUT2D eigenvalue weighted by molar-refractivity contribution is 5.76. The minimum absolute atomic E-state index is 0.131. The molecule has 0 aromatic carbocycles. The molecule has 0 saturated carbocycles. The molecule has 0 aliphatic rings. The first kappa shape index (κ1) is 9.21. The van der Waals surface area contributed by atoms with E-state index in [4.69, 9.17) is 4.74 Å². The zero-order chi connectivity index (χ0) is 8.20. The van der Waals surface area contributed by atoms with Gasteiger partial charge in [-0.25, -0.2) is 0 Å². The highest BCUT2D eigenvalue weighted by Crippen LogP contribution is 2.14. The molecular weight excluding hydrogens is 128 g/mol. The minimum Gasteiger partial charge on any atom is -0.496 e. The van der Waals surface area contributed by atoms with E-state index in [0.717, 1.165) is 0 Å². The molecule has 58 valence electrons. The van der Waals surface area contributed by atoms with Crippen molar-refractivity contribution in [3.8, 4) is 0 Å². The predicted molar refractivity (Wildman–Crippen MR) is 40.7 cm³/mol. The normalized spacial score (nSPS) is 10.7. The van der Waals surface area contributed by atoms with Crippen molar-refractivity contribution in [2.45, 2.75) is 32.8 Å². The zero-order valence-corrected chi connectivity index (χ0v) is 6.81. The van der Waals surface area contributed by atoms with Gasteiger partial charge in [0.25, 0.3) is 0 Å². The van der Waals surface area contributed by atoms with Gasteiger partial charge in [0.2, 0.25) is 0 Å². The Morgan fingerprint density at radius 2 is 2.20 bits per heavy atom. The third-order valence-electron chi connectivity index (χ3n) is 1.08. The van der Waals surface area contributed by atoms with Crippen molar-refractivity contribution in [1.82, 2.24) is 0 Å². The molecule has 0 amide bonds. The molecule has 2 nitrogen and oxygen atoms in total. The van der Waals surface area contributed by atoms with Gasteiger partial charge in [-0.15, -0.1) is 0 Å². The molecule has 0 spiro atoms. The largest absolute Gasteiger partial charge is 0.496 e. The van der Waals surface area contributed by atoms with Crippen LogP contribution in [0.1, 0.15) is 27.2 Å². The molecule has 0 N–H and O–H groups in total. The van der Waals surface area contributed by atoms with E-state index >= 15 is 0 Å². The van der Waals surface area contributed by atoms with Gasteiger partial charge in [0.1, 0.15) is 11.4 Å². The number of hydrogen-bond donors (Lipinski definition) is 0. The van der Waals surface area contributed by atoms with Crippen LogP contribution in [-0.4, -0.2) is 11.4 Å². The van der Waals surface area contributed by atoms with Gasteiger partial charge in [-0.05, 0) is 20.8 Å². The summed E-state index contributed by atoms with van der Waals surface area (Å²) in [6, 6.07) is 0. The van der Waals surface area contributed by atoms with Gasteiger partial charge in [-0.3, -0.25) is 4.79 Å². The van der Waals surface area contributed by atoms with Crippen molar-refractivity contribution in [2.24, 2.45) is 0 Å². The molecule has 2 heteroatoms. The standard InChI is InChI=1S/C8H14O2/c1-5-10-8(3,4)6-7(2)9/h5H,1,6H2,2-4H3. The van der Waals surface area contributed by atoms with E-state index in [1.54, 1.807) is 6.92 Å². The van der Waals surface area contributed by atoms with Crippen LogP contribution in [0.3, 0.4) is 0 Å². The molecule has 0 fully saturated rings. The van der Waals surface area contributed by atoms with E-state index in [0.29, 0.717) is 6.42 Å². The molecule has 0 aliphatic carbocycles. The lowest BCUT2D eigenvalue weighted by Gasteiger charge is -2.22. The minimum atomic E-state index is -0.395. The zero-order valence-electron chi connectivity index (χ0n) is 6.81. The molecule has 0 aliphatic heterocycles. The SMILES string of the molecule is C=COC(C)(C)CC(C)=O. The molecule has 0 aromatic rings. The summed E-state index contributed by atoms with van der Waals surface area (Å²) in [6.07, 6.45) is 1.79. The summed E-state index contributed by atoms with van der Waals surface area (Å²) in [5.41, 5.74) is -0.395. The molecule has 0 radical (unpaired) electrons. The maximum atomic E-state index is 10.6. The van der Waals surface area contributed by atoms with E-state index in [1.165, 1.54) is 6.26 Å². The summed E-state index contributed by atoms with van der Waals surface area (Å²) in [5.74, 6) is 0.131. The van der Waals surface area contributed by atoms with Gasteiger partial charge < -0.3 is 4.74 Å². The fraction of sp³-hybridized carbons (Fsp3) is 0.625. The molecule has 0 saturated heterocycles. The summed E-state index contributed by atoms with van der Waals surface area (Å²) in [7, 11) is 0. The fourth-order valence-corrected chi connectivity index (χ4v) is 0.867. The Hall–Kier alpha value is -0.790. The Labute approximate surface area is 61.9 Å². The van der Waals surface area contributed by atoms with Crippen LogP contribution in [-0.2, 0) is 9.53 Å². The number of carbonyl (C=O) groups excluding carboxylic acids is 1. The van der Waals surface area contributed by atoms with Crippen molar-refractivity contribution in [1.29, 1.82) is 0 Å². The van der Waals surface area contributed by atoms with Crippen molar-refractivity contribution in [2.75, 3.05) is 0 Å². The number of carbonyl (C=O) groups is 1. The second kappa shape index (κ2) is 3.40. The second-order valence-corrected chi connectivity index (χ2v) is 2.92. The maximum absolute atomic E-state index is 10.6. The first-order chi connectivity index (χ1) is 4.48. The molecule has 0 rings (SSSR count). The van der Waals surface area contributed by atoms with Crippen molar-refractivity contribution >= 4 is 5.78 Å². The molecule has 0 aromatic heterocycles. The van der Waals surface area contributed by atoms with Gasteiger partial charge in [-0.2, -0.15) is 0 Å². The topological polar surface area (TPSA) is 26.3 Å². The maximum Gasteiger partial charge on any atom is 0.133 e. The highest BCUT2D eigenvalue weighted by Gasteiger charge is 2.19. The number of ether oxygens (including phenoxy) is 1. The monoisotopic (exact) mass is 142 g/mol. The summed E-state index contributed by atoms with van der Waals surface area (Å²) >= 11 is 0. The van der Waals surface area contributed by atoms with Crippen LogP contribution >= 0.6 is 0 Å². The number of Topliss-reactive ketones (excluding diaryl/α,β-unsaturated/α-hetero) is 1. The molecular formula is C8H14O2. The van der Waals surface area contributed by atoms with E-state index in [9.17, 15) is 4.79 Å². The average molecular weight is 142 g/mol. The smallest absolute Gasteiger partial charge is 0.133 e. The number of hydrogen-bond acceptors (Lipinski definition) is 2. The van der Waals surface area contributed by atoms with Crippen LogP contribution in [0.5, 0.6) is 0 Å². The summed E-state index contributed by atoms with van der Waals surface area (Å²) in [6.45, 7) is 8.68. The predicted octanol–water partition coefficient (Wildman–Crippen LogP) is 1.90. The summed E-state index contributed by atoms with van der Waals surface area (Å²) < 4.78 is 5.08. The highest BCUT2D eigenvalue weighted by atomic mass is 16.5. The van der Waals surface area contributed by atoms with Crippen molar-refractivity contribution < 1.29 is 9.53 Å². The van der Waals surface area contributed by atoms with Gasteiger partial charge in [0.15, 0.2) is 0 Å². The van der Waals surface area contributed by atoms with Gasteiger partial charge in [0.05, 0.1) is 6.26 Å². The summed E-state index contributed by atoms with van der Waals surface area (Å²) in [5, 5.41) is 0. The first-order valence-electron chi connectivity index (χ1n) is 3.26.